The number of aromatic nitrogens is 1. The quantitative estimate of drug-likeness (QED) is 0.627. The average Bonchev–Trinajstić information content (AvgIpc) is 3.09. The van der Waals surface area contributed by atoms with Crippen molar-refractivity contribution in [3.63, 3.8) is 0 Å². The standard InChI is InChI=1S/C18H16N2O4/c21-15-7-6-12(10-16(15)22)8-9-19-18(23)14-11-17(24-20-14)13-4-2-1-3-5-13/h1-7,10-11,21-22H,8-9H2,(H,19,23). The van der Waals surface area contributed by atoms with Crippen molar-refractivity contribution in [1.29, 1.82) is 0 Å². The summed E-state index contributed by atoms with van der Waals surface area (Å²) in [6.07, 6.45) is 0.517. The average molecular weight is 324 g/mol. The molecule has 0 aliphatic rings. The zero-order valence-corrected chi connectivity index (χ0v) is 12.8. The summed E-state index contributed by atoms with van der Waals surface area (Å²) in [4.78, 5) is 12.1. The second kappa shape index (κ2) is 6.87. The van der Waals surface area contributed by atoms with Gasteiger partial charge in [0.1, 0.15) is 0 Å². The van der Waals surface area contributed by atoms with E-state index in [0.717, 1.165) is 11.1 Å². The van der Waals surface area contributed by atoms with E-state index in [4.69, 9.17) is 4.52 Å². The number of benzene rings is 2. The lowest BCUT2D eigenvalue weighted by Crippen LogP contribution is -2.25. The predicted molar refractivity (Wildman–Crippen MR) is 87.7 cm³/mol. The van der Waals surface area contributed by atoms with Crippen molar-refractivity contribution in [2.75, 3.05) is 6.54 Å². The summed E-state index contributed by atoms with van der Waals surface area (Å²) in [5, 5.41) is 25.2. The maximum atomic E-state index is 12.1. The van der Waals surface area contributed by atoms with Gasteiger partial charge in [-0.15, -0.1) is 0 Å². The SMILES string of the molecule is O=C(NCCc1ccc(O)c(O)c1)c1cc(-c2ccccc2)on1. The first-order chi connectivity index (χ1) is 11.6. The molecule has 3 aromatic rings. The van der Waals surface area contributed by atoms with E-state index in [2.05, 4.69) is 10.5 Å². The van der Waals surface area contributed by atoms with Crippen LogP contribution in [0.5, 0.6) is 11.5 Å². The van der Waals surface area contributed by atoms with Crippen LogP contribution in [0, 0.1) is 0 Å². The minimum atomic E-state index is -0.330. The van der Waals surface area contributed by atoms with Gasteiger partial charge in [-0.25, -0.2) is 0 Å². The second-order valence-corrected chi connectivity index (χ2v) is 5.27. The number of phenolic OH excluding ortho intramolecular Hbond substituents is 2. The normalized spacial score (nSPS) is 10.5. The summed E-state index contributed by atoms with van der Waals surface area (Å²) < 4.78 is 5.19. The fourth-order valence-corrected chi connectivity index (χ4v) is 2.26. The smallest absolute Gasteiger partial charge is 0.273 e. The third kappa shape index (κ3) is 3.55. The van der Waals surface area contributed by atoms with Gasteiger partial charge in [0.25, 0.3) is 5.91 Å². The molecule has 1 heterocycles. The van der Waals surface area contributed by atoms with Crippen LogP contribution in [0.15, 0.2) is 59.1 Å². The summed E-state index contributed by atoms with van der Waals surface area (Å²) in [7, 11) is 0. The molecule has 2 aromatic carbocycles. The topological polar surface area (TPSA) is 95.6 Å². The molecule has 0 saturated carbocycles. The number of hydrogen-bond donors (Lipinski definition) is 3. The molecule has 0 aliphatic carbocycles. The highest BCUT2D eigenvalue weighted by Gasteiger charge is 2.13. The largest absolute Gasteiger partial charge is 0.504 e. The highest BCUT2D eigenvalue weighted by atomic mass is 16.5. The van der Waals surface area contributed by atoms with Crippen LogP contribution in [0.3, 0.4) is 0 Å². The fraction of sp³-hybridized carbons (Fsp3) is 0.111. The number of aromatic hydroxyl groups is 2. The van der Waals surface area contributed by atoms with Gasteiger partial charge in [-0.2, -0.15) is 0 Å². The molecular weight excluding hydrogens is 308 g/mol. The number of phenols is 2. The van der Waals surface area contributed by atoms with Crippen molar-refractivity contribution in [2.24, 2.45) is 0 Å². The van der Waals surface area contributed by atoms with E-state index in [0.29, 0.717) is 18.7 Å². The summed E-state index contributed by atoms with van der Waals surface area (Å²) in [5.74, 6) is -0.144. The summed E-state index contributed by atoms with van der Waals surface area (Å²) in [6, 6.07) is 15.6. The fourth-order valence-electron chi connectivity index (χ4n) is 2.26. The van der Waals surface area contributed by atoms with Crippen LogP contribution in [0.2, 0.25) is 0 Å². The third-order valence-electron chi connectivity index (χ3n) is 3.54. The van der Waals surface area contributed by atoms with Crippen LogP contribution in [-0.4, -0.2) is 27.8 Å². The molecule has 1 aromatic heterocycles. The molecule has 24 heavy (non-hydrogen) atoms. The van der Waals surface area contributed by atoms with Crippen molar-refractivity contribution in [3.05, 3.63) is 65.9 Å². The molecule has 3 N–H and O–H groups in total. The van der Waals surface area contributed by atoms with Crippen LogP contribution < -0.4 is 5.32 Å². The number of nitrogens with zero attached hydrogens (tertiary/aromatic N) is 1. The molecular formula is C18H16N2O4. The first-order valence-corrected chi connectivity index (χ1v) is 7.44. The lowest BCUT2D eigenvalue weighted by atomic mass is 10.1. The molecule has 0 saturated heterocycles. The molecule has 3 rings (SSSR count). The monoisotopic (exact) mass is 324 g/mol. The lowest BCUT2D eigenvalue weighted by molar-refractivity contribution is 0.0945. The minimum absolute atomic E-state index is 0.168. The zero-order chi connectivity index (χ0) is 16.9. The van der Waals surface area contributed by atoms with Crippen LogP contribution in [-0.2, 0) is 6.42 Å². The zero-order valence-electron chi connectivity index (χ0n) is 12.8. The molecule has 0 fully saturated rings. The highest BCUT2D eigenvalue weighted by molar-refractivity contribution is 5.93. The van der Waals surface area contributed by atoms with Crippen molar-refractivity contribution in [2.45, 2.75) is 6.42 Å². The van der Waals surface area contributed by atoms with Gasteiger partial charge in [0, 0.05) is 18.2 Å². The van der Waals surface area contributed by atoms with Gasteiger partial charge >= 0.3 is 0 Å². The highest BCUT2D eigenvalue weighted by Crippen LogP contribution is 2.25. The van der Waals surface area contributed by atoms with Crippen molar-refractivity contribution < 1.29 is 19.5 Å². The number of nitrogens with one attached hydrogen (secondary N) is 1. The summed E-state index contributed by atoms with van der Waals surface area (Å²) in [6.45, 7) is 0.372. The van der Waals surface area contributed by atoms with Gasteiger partial charge in [-0.1, -0.05) is 41.6 Å². The van der Waals surface area contributed by atoms with Crippen molar-refractivity contribution in [3.8, 4) is 22.8 Å². The Morgan fingerprint density at radius 3 is 2.58 bits per heavy atom. The van der Waals surface area contributed by atoms with Crippen LogP contribution >= 0.6 is 0 Å². The molecule has 0 spiro atoms. The number of carbonyl (C=O) groups excluding carboxylic acids is 1. The Morgan fingerprint density at radius 1 is 1.04 bits per heavy atom. The van der Waals surface area contributed by atoms with E-state index in [1.165, 1.54) is 12.1 Å². The Morgan fingerprint density at radius 2 is 1.83 bits per heavy atom. The molecule has 122 valence electrons. The molecule has 6 heteroatoms. The molecule has 0 unspecified atom stereocenters. The van der Waals surface area contributed by atoms with E-state index < -0.39 is 0 Å². The van der Waals surface area contributed by atoms with E-state index >= 15 is 0 Å². The van der Waals surface area contributed by atoms with Gasteiger partial charge in [-0.05, 0) is 24.1 Å². The first-order valence-electron chi connectivity index (χ1n) is 7.44. The molecule has 0 radical (unpaired) electrons. The van der Waals surface area contributed by atoms with E-state index in [9.17, 15) is 15.0 Å². The Kier molecular flexibility index (Phi) is 4.47. The maximum Gasteiger partial charge on any atom is 0.273 e. The van der Waals surface area contributed by atoms with Crippen molar-refractivity contribution in [1.82, 2.24) is 10.5 Å². The molecule has 6 nitrogen and oxygen atoms in total. The molecule has 1 amide bonds. The maximum absolute atomic E-state index is 12.1. The minimum Gasteiger partial charge on any atom is -0.504 e. The first kappa shape index (κ1) is 15.6. The predicted octanol–water partition coefficient (Wildman–Crippen LogP) is 2.73. The number of hydrogen-bond acceptors (Lipinski definition) is 5. The Labute approximate surface area is 138 Å². The van der Waals surface area contributed by atoms with E-state index in [1.807, 2.05) is 30.3 Å². The van der Waals surface area contributed by atoms with Gasteiger partial charge in [0.05, 0.1) is 0 Å². The van der Waals surface area contributed by atoms with Crippen molar-refractivity contribution >= 4 is 5.91 Å². The Hall–Kier alpha value is -3.28. The summed E-state index contributed by atoms with van der Waals surface area (Å²) in [5.41, 5.74) is 1.86. The van der Waals surface area contributed by atoms with Crippen LogP contribution in [0.25, 0.3) is 11.3 Å². The lowest BCUT2D eigenvalue weighted by Gasteiger charge is -2.04. The van der Waals surface area contributed by atoms with Gasteiger partial charge in [0.2, 0.25) is 0 Å². The molecule has 0 atom stereocenters. The number of carbonyl (C=O) groups is 1. The Balaban J connectivity index is 1.57. The Bertz CT molecular complexity index is 843. The number of rotatable bonds is 5. The summed E-state index contributed by atoms with van der Waals surface area (Å²) >= 11 is 0. The number of amides is 1. The third-order valence-corrected chi connectivity index (χ3v) is 3.54. The van der Waals surface area contributed by atoms with E-state index in [-0.39, 0.29) is 23.1 Å². The second-order valence-electron chi connectivity index (χ2n) is 5.27. The van der Waals surface area contributed by atoms with Gasteiger partial charge in [0.15, 0.2) is 23.0 Å². The molecule has 0 aliphatic heterocycles. The van der Waals surface area contributed by atoms with E-state index in [1.54, 1.807) is 12.1 Å². The van der Waals surface area contributed by atoms with Crippen LogP contribution in [0.4, 0.5) is 0 Å². The van der Waals surface area contributed by atoms with Crippen LogP contribution in [0.1, 0.15) is 16.1 Å². The molecule has 0 bridgehead atoms. The van der Waals surface area contributed by atoms with Gasteiger partial charge < -0.3 is 20.1 Å². The van der Waals surface area contributed by atoms with Gasteiger partial charge in [-0.3, -0.25) is 4.79 Å².